The van der Waals surface area contributed by atoms with E-state index in [4.69, 9.17) is 14.8 Å². The van der Waals surface area contributed by atoms with Gasteiger partial charge >= 0.3 is 0 Å². The van der Waals surface area contributed by atoms with E-state index in [-0.39, 0.29) is 11.8 Å². The SMILES string of the molecule is COc1ccc2nc(-n3nc(C)c4c3NC(=O)C[C@H]4c3sccc3C)sc2c1. The van der Waals surface area contributed by atoms with Crippen LogP contribution in [0.5, 0.6) is 5.75 Å². The van der Waals surface area contributed by atoms with Gasteiger partial charge in [-0.05, 0) is 49.1 Å². The number of rotatable bonds is 3. The molecule has 28 heavy (non-hydrogen) atoms. The van der Waals surface area contributed by atoms with E-state index in [0.29, 0.717) is 6.42 Å². The van der Waals surface area contributed by atoms with E-state index in [1.165, 1.54) is 21.8 Å². The number of benzene rings is 1. The van der Waals surface area contributed by atoms with Crippen molar-refractivity contribution in [1.29, 1.82) is 0 Å². The maximum Gasteiger partial charge on any atom is 0.226 e. The molecular formula is C20H18N4O2S2. The van der Waals surface area contributed by atoms with E-state index >= 15 is 0 Å². The second-order valence-electron chi connectivity index (χ2n) is 6.86. The van der Waals surface area contributed by atoms with Gasteiger partial charge < -0.3 is 10.1 Å². The van der Waals surface area contributed by atoms with Gasteiger partial charge in [0.25, 0.3) is 0 Å². The Morgan fingerprint density at radius 2 is 2.14 bits per heavy atom. The Morgan fingerprint density at radius 1 is 1.29 bits per heavy atom. The van der Waals surface area contributed by atoms with Crippen molar-refractivity contribution in [2.24, 2.45) is 0 Å². The summed E-state index contributed by atoms with van der Waals surface area (Å²) in [5.41, 5.74) is 4.11. The Bertz CT molecular complexity index is 1220. The van der Waals surface area contributed by atoms with Crippen LogP contribution in [0.3, 0.4) is 0 Å². The number of nitrogens with zero attached hydrogens (tertiary/aromatic N) is 3. The lowest BCUT2D eigenvalue weighted by atomic mass is 9.89. The van der Waals surface area contributed by atoms with Crippen molar-refractivity contribution in [1.82, 2.24) is 14.8 Å². The first-order valence-corrected chi connectivity index (χ1v) is 10.6. The molecule has 142 valence electrons. The van der Waals surface area contributed by atoms with Gasteiger partial charge in [0.15, 0.2) is 0 Å². The second-order valence-corrected chi connectivity index (χ2v) is 8.82. The Kier molecular flexibility index (Phi) is 3.99. The molecule has 0 saturated carbocycles. The van der Waals surface area contributed by atoms with Crippen LogP contribution in [0.1, 0.15) is 34.0 Å². The van der Waals surface area contributed by atoms with Crippen LogP contribution in [0.15, 0.2) is 29.6 Å². The van der Waals surface area contributed by atoms with Crippen LogP contribution in [0.2, 0.25) is 0 Å². The molecule has 0 unspecified atom stereocenters. The van der Waals surface area contributed by atoms with E-state index in [9.17, 15) is 4.79 Å². The highest BCUT2D eigenvalue weighted by molar-refractivity contribution is 7.20. The molecule has 1 atom stereocenters. The van der Waals surface area contributed by atoms with Gasteiger partial charge in [0, 0.05) is 22.8 Å². The minimum atomic E-state index is 0.00855. The molecule has 4 heterocycles. The van der Waals surface area contributed by atoms with Gasteiger partial charge in [-0.1, -0.05) is 11.3 Å². The maximum absolute atomic E-state index is 12.5. The van der Waals surface area contributed by atoms with Gasteiger partial charge in [-0.25, -0.2) is 4.98 Å². The number of ether oxygens (including phenoxy) is 1. The topological polar surface area (TPSA) is 69.0 Å². The van der Waals surface area contributed by atoms with Gasteiger partial charge in [0.05, 0.1) is 23.0 Å². The summed E-state index contributed by atoms with van der Waals surface area (Å²) < 4.78 is 8.10. The number of aromatic nitrogens is 3. The lowest BCUT2D eigenvalue weighted by Gasteiger charge is -2.23. The van der Waals surface area contributed by atoms with Gasteiger partial charge in [0.2, 0.25) is 11.0 Å². The van der Waals surface area contributed by atoms with Crippen molar-refractivity contribution < 1.29 is 9.53 Å². The molecule has 1 amide bonds. The fourth-order valence-corrected chi connectivity index (χ4v) is 5.75. The van der Waals surface area contributed by atoms with E-state index in [0.717, 1.165) is 38.2 Å². The van der Waals surface area contributed by atoms with Crippen molar-refractivity contribution in [3.8, 4) is 10.9 Å². The number of hydrogen-bond donors (Lipinski definition) is 1. The number of anilines is 1. The maximum atomic E-state index is 12.5. The first-order valence-electron chi connectivity index (χ1n) is 8.93. The molecule has 1 aliphatic heterocycles. The molecule has 1 N–H and O–H groups in total. The van der Waals surface area contributed by atoms with Gasteiger partial charge in [-0.2, -0.15) is 9.78 Å². The van der Waals surface area contributed by atoms with Crippen molar-refractivity contribution in [3.05, 3.63) is 51.3 Å². The second kappa shape index (κ2) is 6.42. The number of carbonyl (C=O) groups excluding carboxylic acids is 1. The predicted molar refractivity (Wildman–Crippen MR) is 112 cm³/mol. The predicted octanol–water partition coefficient (Wildman–Crippen LogP) is 4.64. The van der Waals surface area contributed by atoms with E-state index < -0.39 is 0 Å². The molecule has 0 spiro atoms. The number of aryl methyl sites for hydroxylation is 2. The number of amides is 1. The molecule has 0 fully saturated rings. The van der Waals surface area contributed by atoms with Gasteiger partial charge in [0.1, 0.15) is 11.6 Å². The molecule has 0 aliphatic carbocycles. The standard InChI is InChI=1S/C20H18N4O2S2/c1-10-6-7-27-18(10)13-9-16(25)22-19-17(13)11(2)23-24(19)20-21-14-5-4-12(26-3)8-15(14)28-20/h4-8,13H,9H2,1-3H3,(H,22,25)/t13-/m1/s1. The molecule has 4 aromatic rings. The summed E-state index contributed by atoms with van der Waals surface area (Å²) in [5.74, 6) is 1.57. The molecular weight excluding hydrogens is 392 g/mol. The number of methoxy groups -OCH3 is 1. The summed E-state index contributed by atoms with van der Waals surface area (Å²) in [4.78, 5) is 18.5. The summed E-state index contributed by atoms with van der Waals surface area (Å²) in [7, 11) is 1.65. The molecule has 0 bridgehead atoms. The Morgan fingerprint density at radius 3 is 2.89 bits per heavy atom. The summed E-state index contributed by atoms with van der Waals surface area (Å²) >= 11 is 3.23. The van der Waals surface area contributed by atoms with Crippen LogP contribution in [0.25, 0.3) is 15.3 Å². The largest absolute Gasteiger partial charge is 0.497 e. The van der Waals surface area contributed by atoms with Crippen LogP contribution in [0, 0.1) is 13.8 Å². The van der Waals surface area contributed by atoms with Crippen LogP contribution in [-0.4, -0.2) is 27.8 Å². The Balaban J connectivity index is 1.67. The number of thiophene rings is 1. The van der Waals surface area contributed by atoms with Crippen LogP contribution in [-0.2, 0) is 4.79 Å². The molecule has 8 heteroatoms. The average molecular weight is 411 g/mol. The van der Waals surface area contributed by atoms with E-state index in [2.05, 4.69) is 23.7 Å². The highest BCUT2D eigenvalue weighted by atomic mass is 32.1. The number of nitrogens with one attached hydrogen (secondary N) is 1. The minimum Gasteiger partial charge on any atom is -0.497 e. The zero-order chi connectivity index (χ0) is 19.4. The van der Waals surface area contributed by atoms with Crippen molar-refractivity contribution in [2.45, 2.75) is 26.2 Å². The number of thiazole rings is 1. The first kappa shape index (κ1) is 17.4. The molecule has 0 radical (unpaired) electrons. The third-order valence-electron chi connectivity index (χ3n) is 5.09. The minimum absolute atomic E-state index is 0.00855. The first-order chi connectivity index (χ1) is 13.5. The highest BCUT2D eigenvalue weighted by Crippen LogP contribution is 2.43. The lowest BCUT2D eigenvalue weighted by Crippen LogP contribution is -2.24. The average Bonchev–Trinajstić information content (AvgIpc) is 3.37. The molecule has 3 aromatic heterocycles. The van der Waals surface area contributed by atoms with Crippen molar-refractivity contribution >= 4 is 44.6 Å². The Hall–Kier alpha value is -2.71. The molecule has 1 aliphatic rings. The summed E-state index contributed by atoms with van der Waals surface area (Å²) in [6, 6.07) is 7.91. The van der Waals surface area contributed by atoms with Crippen LogP contribution in [0.4, 0.5) is 5.82 Å². The fourth-order valence-electron chi connectivity index (χ4n) is 3.76. The summed E-state index contributed by atoms with van der Waals surface area (Å²) in [6.45, 7) is 4.10. The fraction of sp³-hybridized carbons (Fsp3) is 0.250. The molecule has 5 rings (SSSR count). The van der Waals surface area contributed by atoms with Crippen molar-refractivity contribution in [3.63, 3.8) is 0 Å². The third kappa shape index (κ3) is 2.63. The smallest absolute Gasteiger partial charge is 0.226 e. The van der Waals surface area contributed by atoms with E-state index in [1.54, 1.807) is 23.1 Å². The Labute approximate surface area is 169 Å². The van der Waals surface area contributed by atoms with Gasteiger partial charge in [-0.3, -0.25) is 4.79 Å². The molecule has 6 nitrogen and oxygen atoms in total. The highest BCUT2D eigenvalue weighted by Gasteiger charge is 2.34. The monoisotopic (exact) mass is 410 g/mol. The lowest BCUT2D eigenvalue weighted by molar-refractivity contribution is -0.116. The van der Waals surface area contributed by atoms with E-state index in [1.807, 2.05) is 25.1 Å². The molecule has 0 saturated heterocycles. The van der Waals surface area contributed by atoms with Crippen LogP contribution < -0.4 is 10.1 Å². The zero-order valence-corrected chi connectivity index (χ0v) is 17.3. The zero-order valence-electron chi connectivity index (χ0n) is 15.6. The van der Waals surface area contributed by atoms with Crippen molar-refractivity contribution in [2.75, 3.05) is 12.4 Å². The third-order valence-corrected chi connectivity index (χ3v) is 7.21. The van der Waals surface area contributed by atoms with Gasteiger partial charge in [-0.15, -0.1) is 11.3 Å². The van der Waals surface area contributed by atoms with Crippen LogP contribution >= 0.6 is 22.7 Å². The number of carbonyl (C=O) groups is 1. The normalized spacial score (nSPS) is 16.2. The quantitative estimate of drug-likeness (QED) is 0.534. The number of hydrogen-bond acceptors (Lipinski definition) is 6. The number of fused-ring (bicyclic) bond motifs is 2. The summed E-state index contributed by atoms with van der Waals surface area (Å²) in [5, 5.41) is 10.6. The summed E-state index contributed by atoms with van der Waals surface area (Å²) in [6.07, 6.45) is 0.442. The molecule has 1 aromatic carbocycles.